The van der Waals surface area contributed by atoms with Crippen LogP contribution in [0.1, 0.15) is 40.5 Å². The first-order valence-electron chi connectivity index (χ1n) is 9.54. The predicted octanol–water partition coefficient (Wildman–Crippen LogP) is 3.61. The average molecular weight is 366 g/mol. The molecular weight excluding hydrogens is 340 g/mol. The van der Waals surface area contributed by atoms with Crippen LogP contribution in [0.4, 0.5) is 0 Å². The van der Waals surface area contributed by atoms with Crippen LogP contribution < -0.4 is 0 Å². The van der Waals surface area contributed by atoms with Crippen molar-refractivity contribution in [2.24, 2.45) is 0 Å². The van der Waals surface area contributed by atoms with Gasteiger partial charge in [-0.1, -0.05) is 37.6 Å². The van der Waals surface area contributed by atoms with Crippen LogP contribution >= 0.6 is 0 Å². The van der Waals surface area contributed by atoms with Crippen LogP contribution in [0.2, 0.25) is 0 Å². The number of piperazine rings is 1. The number of nitrogens with zero attached hydrogens (tertiary/aromatic N) is 2. The maximum absolute atomic E-state index is 12.7. The zero-order chi connectivity index (χ0) is 19.2. The molecule has 0 bridgehead atoms. The van der Waals surface area contributed by atoms with E-state index in [1.54, 1.807) is 24.3 Å². The highest BCUT2D eigenvalue weighted by atomic mass is 16.4. The van der Waals surface area contributed by atoms with Crippen molar-refractivity contribution in [2.45, 2.75) is 19.8 Å². The lowest BCUT2D eigenvalue weighted by atomic mass is 10.0. The second-order valence-corrected chi connectivity index (χ2v) is 6.95. The van der Waals surface area contributed by atoms with Gasteiger partial charge in [0, 0.05) is 31.7 Å². The van der Waals surface area contributed by atoms with Gasteiger partial charge in [0.15, 0.2) is 0 Å². The molecule has 1 saturated heterocycles. The van der Waals surface area contributed by atoms with Crippen LogP contribution in [-0.2, 0) is 0 Å². The molecule has 2 aromatic rings. The summed E-state index contributed by atoms with van der Waals surface area (Å²) >= 11 is 0. The van der Waals surface area contributed by atoms with Crippen molar-refractivity contribution in [1.82, 2.24) is 9.80 Å². The molecule has 1 fully saturated rings. The Morgan fingerprint density at radius 2 is 1.37 bits per heavy atom. The normalized spacial score (nSPS) is 14.9. The van der Waals surface area contributed by atoms with Gasteiger partial charge in [-0.2, -0.15) is 0 Å². The average Bonchev–Trinajstić information content (AvgIpc) is 2.72. The third-order valence-corrected chi connectivity index (χ3v) is 5.08. The largest absolute Gasteiger partial charge is 0.478 e. The van der Waals surface area contributed by atoms with Gasteiger partial charge in [0.25, 0.3) is 5.91 Å². The van der Waals surface area contributed by atoms with Gasteiger partial charge in [-0.3, -0.25) is 9.69 Å². The van der Waals surface area contributed by atoms with Crippen molar-refractivity contribution < 1.29 is 14.7 Å². The summed E-state index contributed by atoms with van der Waals surface area (Å²) < 4.78 is 0. The fourth-order valence-corrected chi connectivity index (χ4v) is 3.35. The Hall–Kier alpha value is -2.66. The molecule has 0 saturated carbocycles. The van der Waals surface area contributed by atoms with E-state index in [1.165, 1.54) is 12.8 Å². The van der Waals surface area contributed by atoms with Gasteiger partial charge in [-0.25, -0.2) is 4.79 Å². The quantitative estimate of drug-likeness (QED) is 0.848. The molecular formula is C22H26N2O3. The molecule has 0 spiro atoms. The van der Waals surface area contributed by atoms with Crippen molar-refractivity contribution in [3.05, 3.63) is 59.7 Å². The van der Waals surface area contributed by atoms with Crippen LogP contribution in [0.25, 0.3) is 11.1 Å². The van der Waals surface area contributed by atoms with E-state index in [2.05, 4.69) is 11.8 Å². The first-order valence-corrected chi connectivity index (χ1v) is 9.54. The molecule has 0 unspecified atom stereocenters. The van der Waals surface area contributed by atoms with E-state index in [1.807, 2.05) is 29.2 Å². The fourth-order valence-electron chi connectivity index (χ4n) is 3.35. The van der Waals surface area contributed by atoms with Gasteiger partial charge in [0.2, 0.25) is 0 Å². The third-order valence-electron chi connectivity index (χ3n) is 5.08. The minimum atomic E-state index is -0.933. The number of carboxylic acids is 1. The molecule has 5 nitrogen and oxygen atoms in total. The van der Waals surface area contributed by atoms with E-state index >= 15 is 0 Å². The third kappa shape index (κ3) is 4.74. The van der Waals surface area contributed by atoms with Gasteiger partial charge >= 0.3 is 5.97 Å². The number of unbranched alkanes of at least 4 members (excludes halogenated alkanes) is 1. The Labute approximate surface area is 160 Å². The van der Waals surface area contributed by atoms with Crippen molar-refractivity contribution >= 4 is 11.9 Å². The summed E-state index contributed by atoms with van der Waals surface area (Å²) in [5.74, 6) is -0.852. The minimum absolute atomic E-state index is 0.0814. The molecule has 0 atom stereocenters. The summed E-state index contributed by atoms with van der Waals surface area (Å²) in [5, 5.41) is 8.98. The summed E-state index contributed by atoms with van der Waals surface area (Å²) in [6, 6.07) is 14.3. The van der Waals surface area contributed by atoms with Crippen LogP contribution in [0.3, 0.4) is 0 Å². The molecule has 0 aliphatic carbocycles. The molecule has 0 aromatic heterocycles. The molecule has 142 valence electrons. The van der Waals surface area contributed by atoms with Crippen molar-refractivity contribution in [1.29, 1.82) is 0 Å². The van der Waals surface area contributed by atoms with Crippen molar-refractivity contribution in [3.8, 4) is 11.1 Å². The number of hydrogen-bond acceptors (Lipinski definition) is 3. The minimum Gasteiger partial charge on any atom is -0.478 e. The lowest BCUT2D eigenvalue weighted by Crippen LogP contribution is -2.48. The number of hydrogen-bond donors (Lipinski definition) is 1. The smallest absolute Gasteiger partial charge is 0.335 e. The van der Waals surface area contributed by atoms with E-state index in [0.717, 1.165) is 43.9 Å². The van der Waals surface area contributed by atoms with Crippen LogP contribution in [0.15, 0.2) is 48.5 Å². The zero-order valence-corrected chi connectivity index (χ0v) is 15.7. The highest BCUT2D eigenvalue weighted by Gasteiger charge is 2.21. The monoisotopic (exact) mass is 366 g/mol. The number of aromatic carboxylic acids is 1. The van der Waals surface area contributed by atoms with Gasteiger partial charge in [0.1, 0.15) is 0 Å². The number of rotatable bonds is 6. The second-order valence-electron chi connectivity index (χ2n) is 6.95. The first kappa shape index (κ1) is 19.1. The van der Waals surface area contributed by atoms with Crippen molar-refractivity contribution in [2.75, 3.05) is 32.7 Å². The summed E-state index contributed by atoms with van der Waals surface area (Å²) in [6.07, 6.45) is 2.41. The maximum Gasteiger partial charge on any atom is 0.335 e. The molecule has 5 heteroatoms. The molecule has 3 rings (SSSR count). The van der Waals surface area contributed by atoms with E-state index in [9.17, 15) is 9.59 Å². The topological polar surface area (TPSA) is 60.9 Å². The highest BCUT2D eigenvalue weighted by Crippen LogP contribution is 2.21. The van der Waals surface area contributed by atoms with E-state index in [0.29, 0.717) is 5.56 Å². The second kappa shape index (κ2) is 8.82. The van der Waals surface area contributed by atoms with Crippen molar-refractivity contribution in [3.63, 3.8) is 0 Å². The Bertz CT molecular complexity index is 776. The Balaban J connectivity index is 1.61. The SMILES string of the molecule is CCCCN1CCN(C(=O)c2ccc(-c3ccc(C(=O)O)cc3)cc2)CC1. The van der Waals surface area contributed by atoms with Gasteiger partial charge in [0.05, 0.1) is 5.56 Å². The maximum atomic E-state index is 12.7. The highest BCUT2D eigenvalue weighted by molar-refractivity contribution is 5.95. The first-order chi connectivity index (χ1) is 13.1. The summed E-state index contributed by atoms with van der Waals surface area (Å²) in [6.45, 7) is 6.76. The fraction of sp³-hybridized carbons (Fsp3) is 0.364. The number of carbonyl (C=O) groups excluding carboxylic acids is 1. The van der Waals surface area contributed by atoms with Crippen LogP contribution in [-0.4, -0.2) is 59.5 Å². The molecule has 1 N–H and O–H groups in total. The van der Waals surface area contributed by atoms with Gasteiger partial charge in [-0.15, -0.1) is 0 Å². The Morgan fingerprint density at radius 3 is 1.85 bits per heavy atom. The lowest BCUT2D eigenvalue weighted by Gasteiger charge is -2.34. The molecule has 1 amide bonds. The standard InChI is InChI=1S/C22H26N2O3/c1-2-3-12-23-13-15-24(16-14-23)21(25)19-8-4-17(5-9-19)18-6-10-20(11-7-18)22(26)27/h4-11H,2-3,12-16H2,1H3,(H,26,27). The molecule has 27 heavy (non-hydrogen) atoms. The van der Waals surface area contributed by atoms with E-state index < -0.39 is 5.97 Å². The number of benzene rings is 2. The Kier molecular flexibility index (Phi) is 6.24. The molecule has 2 aromatic carbocycles. The molecule has 1 aliphatic rings. The van der Waals surface area contributed by atoms with E-state index in [-0.39, 0.29) is 11.5 Å². The van der Waals surface area contributed by atoms with E-state index in [4.69, 9.17) is 5.11 Å². The number of amides is 1. The number of carboxylic acid groups (broad SMARTS) is 1. The van der Waals surface area contributed by atoms with Gasteiger partial charge in [-0.05, 0) is 48.4 Å². The summed E-state index contributed by atoms with van der Waals surface area (Å²) in [7, 11) is 0. The lowest BCUT2D eigenvalue weighted by molar-refractivity contribution is 0.0634. The van der Waals surface area contributed by atoms with Gasteiger partial charge < -0.3 is 10.0 Å². The summed E-state index contributed by atoms with van der Waals surface area (Å²) in [5.41, 5.74) is 2.86. The summed E-state index contributed by atoms with van der Waals surface area (Å²) in [4.78, 5) is 28.0. The Morgan fingerprint density at radius 1 is 0.852 bits per heavy atom. The molecule has 1 aliphatic heterocycles. The molecule has 0 radical (unpaired) electrons. The predicted molar refractivity (Wildman–Crippen MR) is 106 cm³/mol. The molecule has 1 heterocycles. The van der Waals surface area contributed by atoms with Crippen LogP contribution in [0, 0.1) is 0 Å². The van der Waals surface area contributed by atoms with Crippen LogP contribution in [0.5, 0.6) is 0 Å². The zero-order valence-electron chi connectivity index (χ0n) is 15.7. The number of carbonyl (C=O) groups is 2.